The summed E-state index contributed by atoms with van der Waals surface area (Å²) < 4.78 is 0. The molecule has 11 heteroatoms. The minimum atomic E-state index is -1.29. The van der Waals surface area contributed by atoms with Gasteiger partial charge in [-0.1, -0.05) is 20.3 Å². The van der Waals surface area contributed by atoms with Gasteiger partial charge in [-0.3, -0.25) is 19.2 Å². The molecular formula is C18H35N5O6. The molecule has 0 spiro atoms. The Morgan fingerprint density at radius 2 is 1.48 bits per heavy atom. The Labute approximate surface area is 171 Å². The summed E-state index contributed by atoms with van der Waals surface area (Å²) in [5.74, 6) is -3.37. The lowest BCUT2D eigenvalue weighted by molar-refractivity contribution is -0.142. The molecule has 9 N–H and O–H groups in total. The van der Waals surface area contributed by atoms with E-state index >= 15 is 0 Å². The lowest BCUT2D eigenvalue weighted by Gasteiger charge is -2.24. The monoisotopic (exact) mass is 417 g/mol. The summed E-state index contributed by atoms with van der Waals surface area (Å²) in [7, 11) is 0. The average Bonchev–Trinajstić information content (AvgIpc) is 2.69. The largest absolute Gasteiger partial charge is 0.480 e. The topological polar surface area (TPSA) is 197 Å². The molecule has 0 bridgehead atoms. The van der Waals surface area contributed by atoms with Gasteiger partial charge in [0.15, 0.2) is 0 Å². The van der Waals surface area contributed by atoms with E-state index in [2.05, 4.69) is 16.0 Å². The Bertz CT molecular complexity index is 559. The lowest BCUT2D eigenvalue weighted by atomic mass is 9.99. The van der Waals surface area contributed by atoms with Crippen LogP contribution in [-0.2, 0) is 19.2 Å². The van der Waals surface area contributed by atoms with Gasteiger partial charge in [0, 0.05) is 0 Å². The van der Waals surface area contributed by atoms with Crippen molar-refractivity contribution in [2.75, 3.05) is 13.2 Å². The zero-order chi connectivity index (χ0) is 22.6. The van der Waals surface area contributed by atoms with E-state index in [0.29, 0.717) is 25.8 Å². The van der Waals surface area contributed by atoms with Crippen molar-refractivity contribution in [3.05, 3.63) is 0 Å². The van der Waals surface area contributed by atoms with E-state index in [-0.39, 0.29) is 12.3 Å². The van der Waals surface area contributed by atoms with Crippen molar-refractivity contribution in [2.24, 2.45) is 17.4 Å². The van der Waals surface area contributed by atoms with Crippen LogP contribution in [0.15, 0.2) is 0 Å². The van der Waals surface area contributed by atoms with Crippen LogP contribution in [-0.4, -0.2) is 71.2 Å². The summed E-state index contributed by atoms with van der Waals surface area (Å²) in [4.78, 5) is 48.0. The van der Waals surface area contributed by atoms with Crippen molar-refractivity contribution in [3.8, 4) is 0 Å². The van der Waals surface area contributed by atoms with Crippen molar-refractivity contribution in [1.29, 1.82) is 0 Å². The van der Waals surface area contributed by atoms with Gasteiger partial charge >= 0.3 is 5.97 Å². The fraction of sp³-hybridized carbons (Fsp3) is 0.778. The van der Waals surface area contributed by atoms with E-state index in [0.717, 1.165) is 0 Å². The second-order valence-electron chi connectivity index (χ2n) is 7.07. The number of hydrogen-bond donors (Lipinski definition) is 7. The summed E-state index contributed by atoms with van der Waals surface area (Å²) in [6.45, 7) is 4.67. The van der Waals surface area contributed by atoms with E-state index < -0.39 is 54.5 Å². The van der Waals surface area contributed by atoms with Gasteiger partial charge < -0.3 is 37.6 Å². The molecule has 3 amide bonds. The van der Waals surface area contributed by atoms with Gasteiger partial charge in [-0.2, -0.15) is 0 Å². The number of carbonyl (C=O) groups excluding carboxylic acids is 3. The maximum absolute atomic E-state index is 12.5. The third-order valence-electron chi connectivity index (χ3n) is 4.68. The van der Waals surface area contributed by atoms with Crippen LogP contribution in [0.2, 0.25) is 0 Å². The van der Waals surface area contributed by atoms with Gasteiger partial charge in [-0.15, -0.1) is 0 Å². The first kappa shape index (κ1) is 26.8. The molecule has 0 heterocycles. The van der Waals surface area contributed by atoms with Gasteiger partial charge in [-0.05, 0) is 38.6 Å². The van der Waals surface area contributed by atoms with E-state index in [1.165, 1.54) is 6.92 Å². The van der Waals surface area contributed by atoms with Crippen LogP contribution >= 0.6 is 0 Å². The molecule has 0 rings (SSSR count). The molecule has 11 nitrogen and oxygen atoms in total. The maximum atomic E-state index is 12.5. The lowest BCUT2D eigenvalue weighted by Crippen LogP contribution is -2.58. The zero-order valence-electron chi connectivity index (χ0n) is 17.3. The SMILES string of the molecule is CCC(C)C(N)C(=O)NC(CO)C(=O)NC(CCCCN)C(=O)NC(C)C(=O)O. The highest BCUT2D eigenvalue weighted by Gasteiger charge is 2.29. The number of aliphatic hydroxyl groups excluding tert-OH is 1. The van der Waals surface area contributed by atoms with Crippen molar-refractivity contribution >= 4 is 23.7 Å². The van der Waals surface area contributed by atoms with Crippen molar-refractivity contribution in [1.82, 2.24) is 16.0 Å². The van der Waals surface area contributed by atoms with E-state index in [1.54, 1.807) is 6.92 Å². The molecule has 0 aliphatic heterocycles. The zero-order valence-corrected chi connectivity index (χ0v) is 17.3. The van der Waals surface area contributed by atoms with Crippen molar-refractivity contribution in [2.45, 2.75) is 70.6 Å². The van der Waals surface area contributed by atoms with Crippen molar-refractivity contribution in [3.63, 3.8) is 0 Å². The number of amides is 3. The van der Waals surface area contributed by atoms with Crippen molar-refractivity contribution < 1.29 is 29.4 Å². The van der Waals surface area contributed by atoms with Gasteiger partial charge in [0.1, 0.15) is 18.1 Å². The number of nitrogens with two attached hydrogens (primary N) is 2. The van der Waals surface area contributed by atoms with Crippen LogP contribution < -0.4 is 27.4 Å². The van der Waals surface area contributed by atoms with E-state index in [4.69, 9.17) is 16.6 Å². The van der Waals surface area contributed by atoms with Crippen LogP contribution in [0.25, 0.3) is 0 Å². The van der Waals surface area contributed by atoms with Crippen LogP contribution in [0.1, 0.15) is 46.5 Å². The maximum Gasteiger partial charge on any atom is 0.325 e. The summed E-state index contributed by atoms with van der Waals surface area (Å²) in [5, 5.41) is 25.6. The molecule has 0 fully saturated rings. The Morgan fingerprint density at radius 1 is 0.931 bits per heavy atom. The molecule has 0 saturated carbocycles. The molecule has 0 aliphatic carbocycles. The van der Waals surface area contributed by atoms with E-state index in [1.807, 2.05) is 6.92 Å². The molecule has 0 saturated heterocycles. The number of aliphatic carboxylic acids is 1. The molecule has 0 aromatic heterocycles. The number of carboxylic acid groups (broad SMARTS) is 1. The smallest absolute Gasteiger partial charge is 0.325 e. The number of carboxylic acids is 1. The normalized spacial score (nSPS) is 16.1. The molecule has 0 aliphatic rings. The highest BCUT2D eigenvalue weighted by Crippen LogP contribution is 2.06. The highest BCUT2D eigenvalue weighted by molar-refractivity contribution is 5.94. The second-order valence-corrected chi connectivity index (χ2v) is 7.07. The fourth-order valence-electron chi connectivity index (χ4n) is 2.38. The third kappa shape index (κ3) is 9.68. The summed E-state index contributed by atoms with van der Waals surface area (Å²) >= 11 is 0. The number of rotatable bonds is 14. The predicted octanol–water partition coefficient (Wildman–Crippen LogP) is -1.96. The molecular weight excluding hydrogens is 382 g/mol. The minimum absolute atomic E-state index is 0.121. The van der Waals surface area contributed by atoms with Gasteiger partial charge in [0.2, 0.25) is 17.7 Å². The van der Waals surface area contributed by atoms with Gasteiger partial charge in [0.25, 0.3) is 0 Å². The second kappa shape index (κ2) is 13.9. The predicted molar refractivity (Wildman–Crippen MR) is 107 cm³/mol. The number of unbranched alkanes of at least 4 members (excludes halogenated alkanes) is 1. The molecule has 0 aromatic carbocycles. The Morgan fingerprint density at radius 3 is 1.97 bits per heavy atom. The number of hydrogen-bond acceptors (Lipinski definition) is 7. The van der Waals surface area contributed by atoms with Crippen LogP contribution in [0.3, 0.4) is 0 Å². The standard InChI is InChI=1S/C18H35N5O6/c1-4-10(2)14(20)17(27)23-13(9-24)16(26)22-12(7-5-6-8-19)15(25)21-11(3)18(28)29/h10-14,24H,4-9,19-20H2,1-3H3,(H,21,25)(H,22,26)(H,23,27)(H,28,29). The Hall–Kier alpha value is -2.24. The highest BCUT2D eigenvalue weighted by atomic mass is 16.4. The average molecular weight is 418 g/mol. The molecule has 29 heavy (non-hydrogen) atoms. The first-order valence-corrected chi connectivity index (χ1v) is 9.79. The first-order chi connectivity index (χ1) is 13.6. The summed E-state index contributed by atoms with van der Waals surface area (Å²) in [6.07, 6.45) is 2.01. The molecule has 0 aromatic rings. The molecule has 5 atom stereocenters. The van der Waals surface area contributed by atoms with Crippen LogP contribution in [0.4, 0.5) is 0 Å². The van der Waals surface area contributed by atoms with E-state index in [9.17, 15) is 24.3 Å². The molecule has 5 unspecified atom stereocenters. The number of nitrogens with one attached hydrogen (secondary N) is 3. The Balaban J connectivity index is 5.11. The number of carbonyl (C=O) groups is 4. The van der Waals surface area contributed by atoms with Gasteiger partial charge in [-0.25, -0.2) is 0 Å². The number of aliphatic hydroxyl groups is 1. The van der Waals surface area contributed by atoms with Crippen LogP contribution in [0.5, 0.6) is 0 Å². The van der Waals surface area contributed by atoms with Crippen LogP contribution in [0, 0.1) is 5.92 Å². The quantitative estimate of drug-likeness (QED) is 0.158. The first-order valence-electron chi connectivity index (χ1n) is 9.79. The minimum Gasteiger partial charge on any atom is -0.480 e. The van der Waals surface area contributed by atoms with Gasteiger partial charge in [0.05, 0.1) is 12.6 Å². The molecule has 168 valence electrons. The molecule has 0 radical (unpaired) electrons. The summed E-state index contributed by atoms with van der Waals surface area (Å²) in [5.41, 5.74) is 11.3. The third-order valence-corrected chi connectivity index (χ3v) is 4.68. The Kier molecular flexibility index (Phi) is 12.8. The summed E-state index contributed by atoms with van der Waals surface area (Å²) in [6, 6.07) is -4.32. The fourth-order valence-corrected chi connectivity index (χ4v) is 2.38.